The number of amides is 2. The van der Waals surface area contributed by atoms with Crippen molar-refractivity contribution in [2.24, 2.45) is 7.05 Å². The van der Waals surface area contributed by atoms with Gasteiger partial charge in [0.15, 0.2) is 0 Å². The number of nitrogens with one attached hydrogen (secondary N) is 1. The van der Waals surface area contributed by atoms with Crippen LogP contribution in [0.2, 0.25) is 0 Å². The number of aromatic nitrogens is 3. The maximum atomic E-state index is 13.4. The number of nitrogens with two attached hydrogens (primary N) is 1. The molecule has 10 nitrogen and oxygen atoms in total. The fraction of sp³-hybridized carbons (Fsp3) is 0.375. The minimum Gasteiger partial charge on any atom is -0.494 e. The molecule has 42 heavy (non-hydrogen) atoms. The third-order valence-corrected chi connectivity index (χ3v) is 8.46. The summed E-state index contributed by atoms with van der Waals surface area (Å²) in [5.41, 5.74) is 8.59. The van der Waals surface area contributed by atoms with Crippen molar-refractivity contribution in [1.29, 1.82) is 0 Å². The van der Waals surface area contributed by atoms with E-state index in [1.807, 2.05) is 49.6 Å². The molecule has 0 aliphatic carbocycles. The van der Waals surface area contributed by atoms with E-state index in [1.54, 1.807) is 28.0 Å². The molecule has 2 aliphatic heterocycles. The average Bonchev–Trinajstić information content (AvgIpc) is 3.74. The Labute approximate surface area is 245 Å². The quantitative estimate of drug-likeness (QED) is 0.333. The Hall–Kier alpha value is -4.44. The first-order chi connectivity index (χ1) is 20.3. The van der Waals surface area contributed by atoms with E-state index in [0.29, 0.717) is 43.3 Å². The summed E-state index contributed by atoms with van der Waals surface area (Å²) in [6.45, 7) is 2.86. The predicted molar refractivity (Wildman–Crippen MR) is 162 cm³/mol. The van der Waals surface area contributed by atoms with Crippen molar-refractivity contribution in [3.8, 4) is 16.9 Å². The van der Waals surface area contributed by atoms with Gasteiger partial charge >= 0.3 is 0 Å². The molecule has 1 unspecified atom stereocenters. The van der Waals surface area contributed by atoms with Crippen molar-refractivity contribution < 1.29 is 14.3 Å². The van der Waals surface area contributed by atoms with Crippen LogP contribution in [0.15, 0.2) is 61.1 Å². The van der Waals surface area contributed by atoms with Crippen LogP contribution in [0.25, 0.3) is 21.9 Å². The van der Waals surface area contributed by atoms with Crippen LogP contribution >= 0.6 is 0 Å². The standard InChI is InChI=1S/C32H37N7O3/c1-37-11-3-4-27(37)10-13-42-28-8-7-21-14-23(6-5-22(21)15-28)32(41)39-12-9-26(20-39)36-31(40)29-16-24(17-34-30(29)33)25-18-35-38(2)19-25/h5-8,14-19,26-27H,3-4,9-13,20H2,1-2H3,(H2,33,34)(H,36,40)/t26-,27?/m1/s1. The molecule has 0 spiro atoms. The van der Waals surface area contributed by atoms with Crippen molar-refractivity contribution in [2.75, 3.05) is 39.0 Å². The van der Waals surface area contributed by atoms with E-state index < -0.39 is 0 Å². The Bertz CT molecular complexity index is 1620. The normalized spacial score (nSPS) is 19.0. The molecule has 4 heterocycles. The molecule has 2 fully saturated rings. The van der Waals surface area contributed by atoms with E-state index >= 15 is 0 Å². The predicted octanol–water partition coefficient (Wildman–Crippen LogP) is 3.73. The molecule has 2 saturated heterocycles. The van der Waals surface area contributed by atoms with Crippen molar-refractivity contribution in [1.82, 2.24) is 29.9 Å². The maximum Gasteiger partial charge on any atom is 0.255 e. The maximum absolute atomic E-state index is 13.4. The third kappa shape index (κ3) is 5.94. The highest BCUT2D eigenvalue weighted by molar-refractivity contribution is 6.00. The Morgan fingerprint density at radius 3 is 2.64 bits per heavy atom. The van der Waals surface area contributed by atoms with Gasteiger partial charge in [-0.2, -0.15) is 5.10 Å². The molecule has 2 amide bonds. The summed E-state index contributed by atoms with van der Waals surface area (Å²) in [5, 5.41) is 9.25. The average molecular weight is 568 g/mol. The van der Waals surface area contributed by atoms with E-state index in [2.05, 4.69) is 27.3 Å². The topological polar surface area (TPSA) is 119 Å². The zero-order chi connectivity index (χ0) is 29.2. The SMILES string of the molecule is CN1CCCC1CCOc1ccc2cc(C(=O)N3CC[C@@H](NC(=O)c4cc(-c5cnn(C)c5)cnc4N)C3)ccc2c1. The summed E-state index contributed by atoms with van der Waals surface area (Å²) < 4.78 is 7.73. The number of carbonyl (C=O) groups excluding carboxylic acids is 2. The van der Waals surface area contributed by atoms with Crippen LogP contribution in [0.1, 0.15) is 46.4 Å². The van der Waals surface area contributed by atoms with Gasteiger partial charge in [0.1, 0.15) is 11.6 Å². The molecule has 6 rings (SSSR count). The highest BCUT2D eigenvalue weighted by Gasteiger charge is 2.29. The summed E-state index contributed by atoms with van der Waals surface area (Å²) in [4.78, 5) is 34.9. The summed E-state index contributed by atoms with van der Waals surface area (Å²) in [6.07, 6.45) is 9.40. The van der Waals surface area contributed by atoms with Gasteiger partial charge in [0.25, 0.3) is 11.8 Å². The second-order valence-corrected chi connectivity index (χ2v) is 11.4. The molecule has 10 heteroatoms. The van der Waals surface area contributed by atoms with Crippen LogP contribution in [0.4, 0.5) is 5.82 Å². The van der Waals surface area contributed by atoms with Gasteiger partial charge in [0, 0.05) is 61.3 Å². The number of carbonyl (C=O) groups is 2. The van der Waals surface area contributed by atoms with E-state index in [-0.39, 0.29) is 23.7 Å². The van der Waals surface area contributed by atoms with E-state index in [4.69, 9.17) is 10.5 Å². The molecule has 2 aliphatic rings. The van der Waals surface area contributed by atoms with Crippen LogP contribution < -0.4 is 15.8 Å². The smallest absolute Gasteiger partial charge is 0.255 e. The molecular weight excluding hydrogens is 530 g/mol. The first-order valence-corrected chi connectivity index (χ1v) is 14.6. The Morgan fingerprint density at radius 2 is 1.86 bits per heavy atom. The van der Waals surface area contributed by atoms with E-state index in [1.165, 1.54) is 19.4 Å². The number of ether oxygens (including phenoxy) is 1. The molecule has 218 valence electrons. The first kappa shape index (κ1) is 27.7. The molecule has 0 radical (unpaired) electrons. The Morgan fingerprint density at radius 1 is 1.02 bits per heavy atom. The lowest BCUT2D eigenvalue weighted by Crippen LogP contribution is -2.38. The number of hydrogen-bond donors (Lipinski definition) is 2. The number of likely N-dealkylation sites (tertiary alicyclic amines) is 2. The lowest BCUT2D eigenvalue weighted by Gasteiger charge is -2.19. The lowest BCUT2D eigenvalue weighted by molar-refractivity contribution is 0.0783. The number of nitrogen functional groups attached to an aromatic ring is 1. The van der Waals surface area contributed by atoms with Crippen molar-refractivity contribution >= 4 is 28.4 Å². The number of pyridine rings is 1. The first-order valence-electron chi connectivity index (χ1n) is 14.6. The molecule has 2 atom stereocenters. The third-order valence-electron chi connectivity index (χ3n) is 8.46. The van der Waals surface area contributed by atoms with Crippen molar-refractivity contribution in [3.05, 3.63) is 72.2 Å². The molecule has 0 saturated carbocycles. The summed E-state index contributed by atoms with van der Waals surface area (Å²) >= 11 is 0. The molecule has 3 N–H and O–H groups in total. The second kappa shape index (κ2) is 11.8. The van der Waals surface area contributed by atoms with Crippen molar-refractivity contribution in [3.63, 3.8) is 0 Å². The van der Waals surface area contributed by atoms with Gasteiger partial charge in [-0.1, -0.05) is 12.1 Å². The molecule has 2 aromatic heterocycles. The van der Waals surface area contributed by atoms with Crippen LogP contribution in [-0.4, -0.2) is 81.8 Å². The summed E-state index contributed by atoms with van der Waals surface area (Å²) in [6, 6.07) is 13.9. The van der Waals surface area contributed by atoms with Gasteiger partial charge in [-0.05, 0) is 80.4 Å². The monoisotopic (exact) mass is 567 g/mol. The van der Waals surface area contributed by atoms with Crippen LogP contribution in [0.5, 0.6) is 5.75 Å². The number of hydrogen-bond acceptors (Lipinski definition) is 7. The lowest BCUT2D eigenvalue weighted by atomic mass is 10.1. The molecular formula is C32H37N7O3. The highest BCUT2D eigenvalue weighted by atomic mass is 16.5. The second-order valence-electron chi connectivity index (χ2n) is 11.4. The van der Waals surface area contributed by atoms with Crippen LogP contribution in [0.3, 0.4) is 0 Å². The summed E-state index contributed by atoms with van der Waals surface area (Å²) in [7, 11) is 4.01. The number of fused-ring (bicyclic) bond motifs is 1. The van der Waals surface area contributed by atoms with Gasteiger partial charge in [-0.15, -0.1) is 0 Å². The Balaban J connectivity index is 1.05. The number of rotatable bonds is 8. The largest absolute Gasteiger partial charge is 0.494 e. The highest BCUT2D eigenvalue weighted by Crippen LogP contribution is 2.26. The van der Waals surface area contributed by atoms with Crippen LogP contribution in [-0.2, 0) is 7.05 Å². The minimum absolute atomic E-state index is 0.0468. The zero-order valence-corrected chi connectivity index (χ0v) is 24.1. The van der Waals surface area contributed by atoms with Gasteiger partial charge in [-0.25, -0.2) is 4.98 Å². The minimum atomic E-state index is -0.302. The zero-order valence-electron chi connectivity index (χ0n) is 24.1. The van der Waals surface area contributed by atoms with Gasteiger partial charge < -0.3 is 25.6 Å². The number of aryl methyl sites for hydroxylation is 1. The van der Waals surface area contributed by atoms with Gasteiger partial charge in [-0.3, -0.25) is 14.3 Å². The van der Waals surface area contributed by atoms with Gasteiger partial charge in [0.2, 0.25) is 0 Å². The van der Waals surface area contributed by atoms with Crippen LogP contribution in [0, 0.1) is 0 Å². The van der Waals surface area contributed by atoms with E-state index in [9.17, 15) is 9.59 Å². The number of benzene rings is 2. The Kier molecular flexibility index (Phi) is 7.80. The number of nitrogens with zero attached hydrogens (tertiary/aromatic N) is 5. The van der Waals surface area contributed by atoms with Crippen molar-refractivity contribution in [2.45, 2.75) is 37.8 Å². The fourth-order valence-electron chi connectivity index (χ4n) is 6.00. The van der Waals surface area contributed by atoms with E-state index in [0.717, 1.165) is 34.1 Å². The summed E-state index contributed by atoms with van der Waals surface area (Å²) in [5.74, 6) is 0.665. The molecule has 0 bridgehead atoms. The fourth-order valence-corrected chi connectivity index (χ4v) is 6.00. The van der Waals surface area contributed by atoms with Gasteiger partial charge in [0.05, 0.1) is 18.4 Å². The number of anilines is 1. The molecule has 2 aromatic carbocycles. The molecule has 4 aromatic rings.